The van der Waals surface area contributed by atoms with Crippen molar-refractivity contribution in [3.8, 4) is 0 Å². The van der Waals surface area contributed by atoms with Gasteiger partial charge in [0.25, 0.3) is 5.91 Å². The highest BCUT2D eigenvalue weighted by atomic mass is 32.1. The predicted octanol–water partition coefficient (Wildman–Crippen LogP) is 3.41. The maximum Gasteiger partial charge on any atom is 0.328 e. The van der Waals surface area contributed by atoms with Gasteiger partial charge in [-0.3, -0.25) is 4.79 Å². The van der Waals surface area contributed by atoms with E-state index in [4.69, 9.17) is 5.11 Å². The van der Waals surface area contributed by atoms with Gasteiger partial charge in [0.15, 0.2) is 0 Å². The normalized spacial score (nSPS) is 11.2. The van der Waals surface area contributed by atoms with E-state index in [0.29, 0.717) is 4.88 Å². The van der Waals surface area contributed by atoms with Crippen molar-refractivity contribution in [2.24, 2.45) is 0 Å². The second-order valence-electron chi connectivity index (χ2n) is 4.72. The van der Waals surface area contributed by atoms with E-state index < -0.39 is 5.97 Å². The van der Waals surface area contributed by atoms with E-state index in [9.17, 15) is 9.59 Å². The molecular weight excluding hydrogens is 274 g/mol. The van der Waals surface area contributed by atoms with Crippen LogP contribution in [0.2, 0.25) is 0 Å². The highest BCUT2D eigenvalue weighted by Crippen LogP contribution is 2.25. The number of rotatable bonds is 6. The Kier molecular flexibility index (Phi) is 5.95. The van der Waals surface area contributed by atoms with Gasteiger partial charge in [-0.1, -0.05) is 13.8 Å². The van der Waals surface area contributed by atoms with Crippen molar-refractivity contribution in [2.45, 2.75) is 39.7 Å². The molecule has 1 aromatic rings. The van der Waals surface area contributed by atoms with Gasteiger partial charge in [0.05, 0.1) is 4.88 Å². The Morgan fingerprint density at radius 1 is 1.40 bits per heavy atom. The average molecular weight is 295 g/mol. The summed E-state index contributed by atoms with van der Waals surface area (Å²) in [5.74, 6) is -0.985. The molecule has 0 aliphatic heterocycles. The van der Waals surface area contributed by atoms with Gasteiger partial charge in [0.2, 0.25) is 0 Å². The molecule has 0 atom stereocenters. The first-order valence-electron chi connectivity index (χ1n) is 6.69. The molecule has 1 aromatic heterocycles. The van der Waals surface area contributed by atoms with Gasteiger partial charge in [-0.25, -0.2) is 4.79 Å². The Labute approximate surface area is 123 Å². The molecule has 20 heavy (non-hydrogen) atoms. The van der Waals surface area contributed by atoms with Crippen LogP contribution in [0.5, 0.6) is 0 Å². The number of carboxylic acid groups (broad SMARTS) is 1. The number of carboxylic acids is 1. The minimum atomic E-state index is -0.986. The van der Waals surface area contributed by atoms with Crippen LogP contribution in [0.3, 0.4) is 0 Å². The van der Waals surface area contributed by atoms with Crippen LogP contribution in [0.15, 0.2) is 12.1 Å². The summed E-state index contributed by atoms with van der Waals surface area (Å²) >= 11 is 1.33. The molecule has 0 aliphatic rings. The Morgan fingerprint density at radius 3 is 2.50 bits per heavy atom. The molecule has 5 heteroatoms. The third kappa shape index (κ3) is 3.93. The zero-order chi connectivity index (χ0) is 15.3. The molecule has 0 aromatic carbocycles. The minimum Gasteiger partial charge on any atom is -0.478 e. The van der Waals surface area contributed by atoms with Crippen LogP contribution in [0.1, 0.15) is 46.8 Å². The summed E-state index contributed by atoms with van der Waals surface area (Å²) in [6.45, 7) is 6.02. The van der Waals surface area contributed by atoms with Crippen molar-refractivity contribution in [1.82, 2.24) is 4.90 Å². The highest BCUT2D eigenvalue weighted by molar-refractivity contribution is 7.15. The molecular formula is C15H21NO3S. The van der Waals surface area contributed by atoms with Crippen LogP contribution in [0, 0.1) is 6.92 Å². The quantitative estimate of drug-likeness (QED) is 0.818. The summed E-state index contributed by atoms with van der Waals surface area (Å²) in [5.41, 5.74) is 0.925. The fraction of sp³-hybridized carbons (Fsp3) is 0.467. The van der Waals surface area contributed by atoms with E-state index in [1.165, 1.54) is 17.4 Å². The molecule has 0 radical (unpaired) electrons. The van der Waals surface area contributed by atoms with Crippen molar-refractivity contribution < 1.29 is 14.7 Å². The number of aliphatic carboxylic acids is 1. The van der Waals surface area contributed by atoms with Crippen LogP contribution in [0.4, 0.5) is 0 Å². The van der Waals surface area contributed by atoms with Crippen molar-refractivity contribution >= 4 is 29.3 Å². The van der Waals surface area contributed by atoms with Gasteiger partial charge < -0.3 is 10.0 Å². The number of amides is 1. The van der Waals surface area contributed by atoms with Crippen LogP contribution < -0.4 is 0 Å². The summed E-state index contributed by atoms with van der Waals surface area (Å²) < 4.78 is 0. The molecule has 1 heterocycles. The molecule has 110 valence electrons. The third-order valence-electron chi connectivity index (χ3n) is 3.35. The Hall–Kier alpha value is -1.62. The first-order valence-corrected chi connectivity index (χ1v) is 7.50. The lowest BCUT2D eigenvalue weighted by Gasteiger charge is -2.25. The molecule has 0 saturated carbocycles. The van der Waals surface area contributed by atoms with Gasteiger partial charge in [-0.15, -0.1) is 11.3 Å². The number of hydrogen-bond acceptors (Lipinski definition) is 3. The first kappa shape index (κ1) is 16.4. The van der Waals surface area contributed by atoms with E-state index >= 15 is 0 Å². The average Bonchev–Trinajstić information content (AvgIpc) is 2.78. The Bertz CT molecular complexity index is 515. The molecule has 0 bridgehead atoms. The fourth-order valence-corrected chi connectivity index (χ4v) is 3.15. The van der Waals surface area contributed by atoms with Crippen LogP contribution in [0.25, 0.3) is 6.08 Å². The van der Waals surface area contributed by atoms with Gasteiger partial charge in [-0.2, -0.15) is 0 Å². The first-order chi connectivity index (χ1) is 9.40. The minimum absolute atomic E-state index is 0.00164. The van der Waals surface area contributed by atoms with Gasteiger partial charge >= 0.3 is 5.97 Å². The van der Waals surface area contributed by atoms with Gasteiger partial charge in [0.1, 0.15) is 0 Å². The van der Waals surface area contributed by atoms with Gasteiger partial charge in [0, 0.05) is 24.0 Å². The van der Waals surface area contributed by atoms with Crippen molar-refractivity contribution in [3.05, 3.63) is 27.5 Å². The van der Waals surface area contributed by atoms with Crippen LogP contribution >= 0.6 is 11.3 Å². The van der Waals surface area contributed by atoms with Crippen LogP contribution in [-0.2, 0) is 4.79 Å². The Balaban J connectivity index is 2.95. The van der Waals surface area contributed by atoms with E-state index in [-0.39, 0.29) is 11.9 Å². The van der Waals surface area contributed by atoms with E-state index in [1.54, 1.807) is 4.90 Å². The third-order valence-corrected chi connectivity index (χ3v) is 4.55. The van der Waals surface area contributed by atoms with Crippen LogP contribution in [-0.4, -0.2) is 35.0 Å². The molecule has 1 amide bonds. The smallest absolute Gasteiger partial charge is 0.328 e. The van der Waals surface area contributed by atoms with Gasteiger partial charge in [-0.05, 0) is 37.5 Å². The number of carbonyl (C=O) groups is 2. The van der Waals surface area contributed by atoms with E-state index in [0.717, 1.165) is 29.4 Å². The van der Waals surface area contributed by atoms with E-state index in [2.05, 4.69) is 13.8 Å². The van der Waals surface area contributed by atoms with Crippen molar-refractivity contribution in [3.63, 3.8) is 0 Å². The molecule has 0 saturated heterocycles. The highest BCUT2D eigenvalue weighted by Gasteiger charge is 2.20. The number of thiophene rings is 1. The topological polar surface area (TPSA) is 57.6 Å². The monoisotopic (exact) mass is 295 g/mol. The molecule has 4 nitrogen and oxygen atoms in total. The lowest BCUT2D eigenvalue weighted by atomic mass is 10.1. The molecule has 0 aliphatic carbocycles. The molecule has 0 fully saturated rings. The van der Waals surface area contributed by atoms with E-state index in [1.807, 2.05) is 20.0 Å². The maximum atomic E-state index is 12.4. The lowest BCUT2D eigenvalue weighted by Crippen LogP contribution is -2.35. The second kappa shape index (κ2) is 7.24. The number of hydrogen-bond donors (Lipinski definition) is 1. The van der Waals surface area contributed by atoms with Crippen molar-refractivity contribution in [2.75, 3.05) is 7.05 Å². The standard InChI is InChI=1S/C15H21NO3S/c1-5-11(6-2)16(4)15(19)13-9-10(3)12(20-13)7-8-14(17)18/h7-9,11H,5-6H2,1-4H3,(H,17,18)/b8-7+. The summed E-state index contributed by atoms with van der Waals surface area (Å²) in [4.78, 5) is 26.2. The largest absolute Gasteiger partial charge is 0.478 e. The number of carbonyl (C=O) groups excluding carboxylic acids is 1. The second-order valence-corrected chi connectivity index (χ2v) is 5.80. The number of aryl methyl sites for hydroxylation is 1. The number of nitrogens with zero attached hydrogens (tertiary/aromatic N) is 1. The predicted molar refractivity (Wildman–Crippen MR) is 82.2 cm³/mol. The zero-order valence-electron chi connectivity index (χ0n) is 12.3. The SMILES string of the molecule is CCC(CC)N(C)C(=O)c1cc(C)c(/C=C/C(=O)O)s1. The lowest BCUT2D eigenvalue weighted by molar-refractivity contribution is -0.131. The zero-order valence-corrected chi connectivity index (χ0v) is 13.2. The molecule has 0 spiro atoms. The molecule has 0 unspecified atom stereocenters. The summed E-state index contributed by atoms with van der Waals surface area (Å²) in [5, 5.41) is 8.65. The summed E-state index contributed by atoms with van der Waals surface area (Å²) in [6, 6.07) is 2.07. The summed E-state index contributed by atoms with van der Waals surface area (Å²) in [6.07, 6.45) is 4.48. The maximum absolute atomic E-state index is 12.4. The van der Waals surface area contributed by atoms with Crippen molar-refractivity contribution in [1.29, 1.82) is 0 Å². The fourth-order valence-electron chi connectivity index (χ4n) is 2.09. The molecule has 1 rings (SSSR count). The molecule has 1 N–H and O–H groups in total. The summed E-state index contributed by atoms with van der Waals surface area (Å²) in [7, 11) is 1.82. The Morgan fingerprint density at radius 2 is 2.00 bits per heavy atom.